The molecule has 11 heteroatoms. The van der Waals surface area contributed by atoms with Crippen LogP contribution >= 0.6 is 0 Å². The van der Waals surface area contributed by atoms with Crippen molar-refractivity contribution in [3.63, 3.8) is 0 Å². The molecule has 0 radical (unpaired) electrons. The molecule has 0 aliphatic carbocycles. The molecule has 3 aromatic rings. The number of fused-ring (bicyclic) bond motifs is 1. The topological polar surface area (TPSA) is 75.0 Å². The van der Waals surface area contributed by atoms with Crippen LogP contribution < -0.4 is 4.90 Å². The zero-order valence-corrected chi connectivity index (χ0v) is 12.3. The van der Waals surface area contributed by atoms with E-state index in [0.29, 0.717) is 11.4 Å². The van der Waals surface area contributed by atoms with Crippen LogP contribution in [-0.2, 0) is 0 Å². The Balaban J connectivity index is 1.94. The molecule has 1 fully saturated rings. The fourth-order valence-electron chi connectivity index (χ4n) is 2.88. The number of H-pyrrole nitrogens is 1. The molecule has 126 valence electrons. The summed E-state index contributed by atoms with van der Waals surface area (Å²) in [6.45, 7) is 1.76. The van der Waals surface area contributed by atoms with Gasteiger partial charge in [0, 0.05) is 6.54 Å². The van der Waals surface area contributed by atoms with Crippen LogP contribution in [0.15, 0.2) is 12.4 Å². The largest absolute Gasteiger partial charge is 0.408 e. The van der Waals surface area contributed by atoms with Gasteiger partial charge < -0.3 is 4.90 Å². The number of anilines is 1. The van der Waals surface area contributed by atoms with E-state index in [1.54, 1.807) is 6.92 Å². The van der Waals surface area contributed by atoms with Crippen molar-refractivity contribution in [3.05, 3.63) is 24.0 Å². The standard InChI is InChI=1S/C13H11F4N7/c1-6-10(7-4-19-22-21-7)20-12(11-18-5-9(14)24(6)11)23-3-2-8(23)13(15,16)17/h4-5,8H,2-3H2,1H3,(H,19,21,22)/t8-/m1/s1. The highest BCUT2D eigenvalue weighted by atomic mass is 19.4. The van der Waals surface area contributed by atoms with Crippen molar-refractivity contribution in [2.45, 2.75) is 25.6 Å². The Hall–Kier alpha value is -2.72. The summed E-state index contributed by atoms with van der Waals surface area (Å²) in [5.74, 6) is -0.698. The summed E-state index contributed by atoms with van der Waals surface area (Å²) in [6.07, 6.45) is -2.09. The fourth-order valence-corrected chi connectivity index (χ4v) is 2.88. The Kier molecular flexibility index (Phi) is 3.02. The van der Waals surface area contributed by atoms with E-state index in [9.17, 15) is 17.6 Å². The Morgan fingerprint density at radius 2 is 2.08 bits per heavy atom. The molecule has 1 saturated heterocycles. The van der Waals surface area contributed by atoms with Gasteiger partial charge in [-0.05, 0) is 13.3 Å². The van der Waals surface area contributed by atoms with Gasteiger partial charge in [0.05, 0.1) is 18.1 Å². The van der Waals surface area contributed by atoms with Crippen LogP contribution in [0.2, 0.25) is 0 Å². The van der Waals surface area contributed by atoms with Gasteiger partial charge in [0.25, 0.3) is 0 Å². The van der Waals surface area contributed by atoms with Crippen LogP contribution in [0.3, 0.4) is 0 Å². The van der Waals surface area contributed by atoms with Crippen molar-refractivity contribution < 1.29 is 17.6 Å². The Bertz CT molecular complexity index is 899. The van der Waals surface area contributed by atoms with E-state index >= 15 is 0 Å². The third-order valence-electron chi connectivity index (χ3n) is 4.14. The van der Waals surface area contributed by atoms with Crippen LogP contribution in [0.1, 0.15) is 12.1 Å². The highest BCUT2D eigenvalue weighted by Gasteiger charge is 2.50. The number of aryl methyl sites for hydroxylation is 1. The maximum Gasteiger partial charge on any atom is 0.408 e. The van der Waals surface area contributed by atoms with Gasteiger partial charge in [-0.3, -0.25) is 4.40 Å². The lowest BCUT2D eigenvalue weighted by Crippen LogP contribution is -2.56. The van der Waals surface area contributed by atoms with Crippen LogP contribution in [-0.4, -0.2) is 48.5 Å². The van der Waals surface area contributed by atoms with E-state index in [-0.39, 0.29) is 30.1 Å². The zero-order valence-electron chi connectivity index (χ0n) is 12.3. The molecule has 0 unspecified atom stereocenters. The van der Waals surface area contributed by atoms with Crippen LogP contribution in [0.25, 0.3) is 17.0 Å². The number of hydrogen-bond donors (Lipinski definition) is 1. The van der Waals surface area contributed by atoms with Crippen molar-refractivity contribution in [2.24, 2.45) is 0 Å². The number of aromatic amines is 1. The molecule has 7 nitrogen and oxygen atoms in total. The molecule has 3 aromatic heterocycles. The number of alkyl halides is 3. The highest BCUT2D eigenvalue weighted by molar-refractivity contribution is 5.72. The second-order valence-electron chi connectivity index (χ2n) is 5.50. The van der Waals surface area contributed by atoms with Crippen LogP contribution in [0.4, 0.5) is 23.4 Å². The molecular weight excluding hydrogens is 330 g/mol. The lowest BCUT2D eigenvalue weighted by molar-refractivity contribution is -0.159. The maximum absolute atomic E-state index is 14.1. The molecule has 0 amide bonds. The summed E-state index contributed by atoms with van der Waals surface area (Å²) in [7, 11) is 0. The Morgan fingerprint density at radius 3 is 2.67 bits per heavy atom. The summed E-state index contributed by atoms with van der Waals surface area (Å²) in [5, 5.41) is 9.96. The Morgan fingerprint density at radius 1 is 1.29 bits per heavy atom. The van der Waals surface area contributed by atoms with Crippen molar-refractivity contribution in [1.29, 1.82) is 0 Å². The third kappa shape index (κ3) is 2.03. The molecular formula is C13H11F4N7. The van der Waals surface area contributed by atoms with E-state index in [1.807, 2.05) is 0 Å². The minimum atomic E-state index is -4.39. The second kappa shape index (κ2) is 4.89. The molecule has 0 bridgehead atoms. The minimum Gasteiger partial charge on any atom is -0.341 e. The molecule has 1 N–H and O–H groups in total. The number of halogens is 4. The highest BCUT2D eigenvalue weighted by Crippen LogP contribution is 2.39. The molecule has 1 atom stereocenters. The second-order valence-corrected chi connectivity index (χ2v) is 5.50. The van der Waals surface area contributed by atoms with Crippen LogP contribution in [0, 0.1) is 12.9 Å². The summed E-state index contributed by atoms with van der Waals surface area (Å²) in [6, 6.07) is -1.65. The average molecular weight is 341 g/mol. The van der Waals surface area contributed by atoms with Gasteiger partial charge >= 0.3 is 6.18 Å². The van der Waals surface area contributed by atoms with Gasteiger partial charge in [0.15, 0.2) is 11.5 Å². The molecule has 0 saturated carbocycles. The zero-order chi connectivity index (χ0) is 17.1. The molecule has 1 aliphatic heterocycles. The first-order chi connectivity index (χ1) is 11.4. The first-order valence-electron chi connectivity index (χ1n) is 7.11. The molecule has 4 rings (SSSR count). The van der Waals surface area contributed by atoms with E-state index in [1.165, 1.54) is 6.20 Å². The number of nitrogens with one attached hydrogen (secondary N) is 1. The summed E-state index contributed by atoms with van der Waals surface area (Å²) in [5.41, 5.74) is 0.983. The van der Waals surface area contributed by atoms with Crippen molar-refractivity contribution in [3.8, 4) is 11.4 Å². The normalized spacial score (nSPS) is 18.2. The van der Waals surface area contributed by atoms with Gasteiger partial charge in [-0.1, -0.05) is 0 Å². The van der Waals surface area contributed by atoms with Crippen molar-refractivity contribution in [1.82, 2.24) is 29.8 Å². The molecule has 0 aromatic carbocycles. The first kappa shape index (κ1) is 14.8. The molecule has 24 heavy (non-hydrogen) atoms. The van der Waals surface area contributed by atoms with Gasteiger partial charge in [-0.15, -0.1) is 0 Å². The number of nitrogens with zero attached hydrogens (tertiary/aromatic N) is 6. The van der Waals surface area contributed by atoms with Crippen molar-refractivity contribution >= 4 is 11.5 Å². The summed E-state index contributed by atoms with van der Waals surface area (Å²) in [4.78, 5) is 9.28. The van der Waals surface area contributed by atoms with E-state index < -0.39 is 18.2 Å². The average Bonchev–Trinajstić information content (AvgIpc) is 3.08. The first-order valence-corrected chi connectivity index (χ1v) is 7.11. The third-order valence-corrected chi connectivity index (χ3v) is 4.14. The molecule has 0 spiro atoms. The SMILES string of the molecule is Cc1c(-c2cn[nH]n2)nc(N2CC[C@@H]2C(F)(F)F)c2ncc(F)n12. The fraction of sp³-hybridized carbons (Fsp3) is 0.385. The summed E-state index contributed by atoms with van der Waals surface area (Å²) >= 11 is 0. The number of rotatable bonds is 2. The quantitative estimate of drug-likeness (QED) is 0.723. The Labute approximate surface area is 132 Å². The number of aromatic nitrogens is 6. The number of hydrogen-bond acceptors (Lipinski definition) is 5. The lowest BCUT2D eigenvalue weighted by atomic mass is 10.0. The van der Waals surface area contributed by atoms with Gasteiger partial charge in [-0.2, -0.15) is 33.0 Å². The lowest BCUT2D eigenvalue weighted by Gasteiger charge is -2.42. The minimum absolute atomic E-state index is 0.0175. The maximum atomic E-state index is 14.1. The van der Waals surface area contributed by atoms with Gasteiger partial charge in [0.1, 0.15) is 17.4 Å². The van der Waals surface area contributed by atoms with Crippen molar-refractivity contribution in [2.75, 3.05) is 11.4 Å². The van der Waals surface area contributed by atoms with Gasteiger partial charge in [0.2, 0.25) is 5.95 Å². The van der Waals surface area contributed by atoms with Gasteiger partial charge in [-0.25, -0.2) is 9.97 Å². The van der Waals surface area contributed by atoms with Crippen LogP contribution in [0.5, 0.6) is 0 Å². The molecule has 4 heterocycles. The van der Waals surface area contributed by atoms with E-state index in [0.717, 1.165) is 15.5 Å². The molecule has 1 aliphatic rings. The van der Waals surface area contributed by atoms with E-state index in [4.69, 9.17) is 0 Å². The smallest absolute Gasteiger partial charge is 0.341 e. The summed E-state index contributed by atoms with van der Waals surface area (Å²) < 4.78 is 54.5. The monoisotopic (exact) mass is 341 g/mol. The predicted molar refractivity (Wildman–Crippen MR) is 74.9 cm³/mol. The predicted octanol–water partition coefficient (Wildman–Crippen LogP) is 2.10. The van der Waals surface area contributed by atoms with E-state index in [2.05, 4.69) is 25.4 Å². The number of imidazole rings is 1.